The van der Waals surface area contributed by atoms with Gasteiger partial charge in [-0.15, -0.1) is 0 Å². The molecule has 0 bridgehead atoms. The minimum atomic E-state index is -0.975. The number of carbonyl (C=O) groups is 1. The van der Waals surface area contributed by atoms with Crippen molar-refractivity contribution in [1.29, 1.82) is 0 Å². The Hall–Kier alpha value is -1.69. The Morgan fingerprint density at radius 2 is 2.08 bits per heavy atom. The summed E-state index contributed by atoms with van der Waals surface area (Å²) in [4.78, 5) is 15.0. The van der Waals surface area contributed by atoms with Crippen LogP contribution in [0.4, 0.5) is 0 Å². The van der Waals surface area contributed by atoms with Crippen molar-refractivity contribution in [3.63, 3.8) is 0 Å². The highest BCUT2D eigenvalue weighted by Gasteiger charge is 2.57. The predicted octanol–water partition coefficient (Wildman–Crippen LogP) is 3.41. The predicted molar refractivity (Wildman–Crippen MR) is 102 cm³/mol. The Balaban J connectivity index is 2.13. The number of ether oxygens (including phenoxy) is 1. The van der Waals surface area contributed by atoms with Crippen LogP contribution in [-0.2, 0) is 4.74 Å². The number of aliphatic hydroxyl groups excluding tert-OH is 1. The van der Waals surface area contributed by atoms with Gasteiger partial charge in [0.2, 0.25) is 5.78 Å². The number of aromatic amines is 1. The van der Waals surface area contributed by atoms with E-state index in [1.54, 1.807) is 44.3 Å². The monoisotopic (exact) mass is 361 g/mol. The van der Waals surface area contributed by atoms with E-state index in [1.807, 2.05) is 27.7 Å². The van der Waals surface area contributed by atoms with E-state index in [-0.39, 0.29) is 17.3 Å². The number of aliphatic hydroxyl groups is 2. The normalized spacial score (nSPS) is 27.8. The SMILES string of the molecule is CC(=C/C(=O)c1ccc[nH]1)/C=C/C(O)[C@]1(C)O[C@@H](C(C)(C)O)CC1(C)C. The third-order valence-corrected chi connectivity index (χ3v) is 5.54. The van der Waals surface area contributed by atoms with E-state index >= 15 is 0 Å². The fourth-order valence-electron chi connectivity index (χ4n) is 3.27. The van der Waals surface area contributed by atoms with Crippen LogP contribution in [0.1, 0.15) is 58.5 Å². The van der Waals surface area contributed by atoms with Crippen molar-refractivity contribution in [2.24, 2.45) is 5.41 Å². The summed E-state index contributed by atoms with van der Waals surface area (Å²) >= 11 is 0. The van der Waals surface area contributed by atoms with Crippen molar-refractivity contribution in [1.82, 2.24) is 4.98 Å². The van der Waals surface area contributed by atoms with E-state index in [0.717, 1.165) is 5.57 Å². The van der Waals surface area contributed by atoms with Crippen molar-refractivity contribution in [2.45, 2.75) is 71.4 Å². The number of ketones is 1. The van der Waals surface area contributed by atoms with Gasteiger partial charge in [-0.05, 0) is 63.3 Å². The van der Waals surface area contributed by atoms with Crippen molar-refractivity contribution >= 4 is 5.78 Å². The minimum absolute atomic E-state index is 0.114. The first kappa shape index (κ1) is 20.6. The number of hydrogen-bond donors (Lipinski definition) is 3. The van der Waals surface area contributed by atoms with Crippen LogP contribution in [0.5, 0.6) is 0 Å². The van der Waals surface area contributed by atoms with Gasteiger partial charge < -0.3 is 19.9 Å². The van der Waals surface area contributed by atoms with E-state index < -0.39 is 17.3 Å². The molecule has 2 rings (SSSR count). The molecule has 0 aliphatic carbocycles. The van der Waals surface area contributed by atoms with Gasteiger partial charge in [0.1, 0.15) is 11.7 Å². The lowest BCUT2D eigenvalue weighted by atomic mass is 9.71. The van der Waals surface area contributed by atoms with E-state index in [2.05, 4.69) is 4.98 Å². The van der Waals surface area contributed by atoms with Crippen LogP contribution in [0, 0.1) is 5.41 Å². The van der Waals surface area contributed by atoms with Crippen LogP contribution in [-0.4, -0.2) is 44.4 Å². The molecule has 2 heterocycles. The Morgan fingerprint density at radius 3 is 2.58 bits per heavy atom. The van der Waals surface area contributed by atoms with Crippen molar-refractivity contribution in [3.05, 3.63) is 47.8 Å². The van der Waals surface area contributed by atoms with Crippen LogP contribution in [0.2, 0.25) is 0 Å². The molecule has 5 nitrogen and oxygen atoms in total. The van der Waals surface area contributed by atoms with Gasteiger partial charge in [0.25, 0.3) is 0 Å². The average Bonchev–Trinajstić information content (AvgIpc) is 3.12. The molecule has 26 heavy (non-hydrogen) atoms. The molecule has 3 atom stereocenters. The Morgan fingerprint density at radius 1 is 1.42 bits per heavy atom. The number of carbonyl (C=O) groups excluding carboxylic acids is 1. The molecule has 5 heteroatoms. The fraction of sp³-hybridized carbons (Fsp3) is 0.571. The highest BCUT2D eigenvalue weighted by atomic mass is 16.5. The van der Waals surface area contributed by atoms with Crippen LogP contribution >= 0.6 is 0 Å². The molecule has 0 radical (unpaired) electrons. The summed E-state index contributed by atoms with van der Waals surface area (Å²) in [6.07, 6.45) is 6.05. The number of nitrogens with one attached hydrogen (secondary N) is 1. The van der Waals surface area contributed by atoms with E-state index in [4.69, 9.17) is 4.74 Å². The van der Waals surface area contributed by atoms with Gasteiger partial charge in [0, 0.05) is 6.20 Å². The van der Waals surface area contributed by atoms with Crippen LogP contribution < -0.4 is 0 Å². The third-order valence-electron chi connectivity index (χ3n) is 5.54. The zero-order valence-corrected chi connectivity index (χ0v) is 16.5. The molecule has 1 fully saturated rings. The van der Waals surface area contributed by atoms with Gasteiger partial charge in [-0.1, -0.05) is 26.0 Å². The highest BCUT2D eigenvalue weighted by molar-refractivity contribution is 6.03. The number of hydrogen-bond acceptors (Lipinski definition) is 4. The second kappa shape index (κ2) is 7.14. The van der Waals surface area contributed by atoms with E-state index in [1.165, 1.54) is 6.08 Å². The van der Waals surface area contributed by atoms with Crippen molar-refractivity contribution in [3.8, 4) is 0 Å². The molecule has 1 aliphatic heterocycles. The molecule has 0 saturated carbocycles. The van der Waals surface area contributed by atoms with Crippen LogP contribution in [0.25, 0.3) is 0 Å². The Kier molecular flexibility index (Phi) is 5.66. The van der Waals surface area contributed by atoms with Crippen molar-refractivity contribution < 1.29 is 19.7 Å². The second-order valence-electron chi connectivity index (χ2n) is 8.60. The molecule has 0 aromatic carbocycles. The van der Waals surface area contributed by atoms with Gasteiger partial charge in [-0.25, -0.2) is 0 Å². The third kappa shape index (κ3) is 4.17. The average molecular weight is 361 g/mol. The second-order valence-corrected chi connectivity index (χ2v) is 8.60. The fourth-order valence-corrected chi connectivity index (χ4v) is 3.27. The molecular formula is C21H31NO4. The molecule has 0 spiro atoms. The molecule has 1 saturated heterocycles. The summed E-state index contributed by atoms with van der Waals surface area (Å²) in [5.74, 6) is -0.114. The van der Waals surface area contributed by atoms with Gasteiger partial charge in [0.05, 0.1) is 17.4 Å². The number of aromatic nitrogens is 1. The van der Waals surface area contributed by atoms with Gasteiger partial charge in [-0.2, -0.15) is 0 Å². The maximum Gasteiger partial charge on any atom is 0.202 e. The molecule has 1 aromatic rings. The molecule has 144 valence electrons. The zero-order valence-electron chi connectivity index (χ0n) is 16.5. The Labute approximate surface area is 155 Å². The van der Waals surface area contributed by atoms with Crippen LogP contribution in [0.15, 0.2) is 42.1 Å². The van der Waals surface area contributed by atoms with Crippen molar-refractivity contribution in [2.75, 3.05) is 0 Å². The first-order chi connectivity index (χ1) is 11.9. The van der Waals surface area contributed by atoms with E-state index in [0.29, 0.717) is 12.1 Å². The lowest BCUT2D eigenvalue weighted by Gasteiger charge is -2.39. The van der Waals surface area contributed by atoms with E-state index in [9.17, 15) is 15.0 Å². The zero-order chi connectivity index (χ0) is 19.8. The lowest BCUT2D eigenvalue weighted by molar-refractivity contribution is -0.161. The maximum absolute atomic E-state index is 12.1. The summed E-state index contributed by atoms with van der Waals surface area (Å²) in [7, 11) is 0. The van der Waals surface area contributed by atoms with Gasteiger partial charge in [-0.3, -0.25) is 4.79 Å². The summed E-state index contributed by atoms with van der Waals surface area (Å²) < 4.78 is 6.12. The summed E-state index contributed by atoms with van der Waals surface area (Å²) in [5, 5.41) is 21.1. The first-order valence-corrected chi connectivity index (χ1v) is 8.99. The summed E-state index contributed by atoms with van der Waals surface area (Å²) in [6.45, 7) is 11.2. The van der Waals surface area contributed by atoms with Crippen LogP contribution in [0.3, 0.4) is 0 Å². The largest absolute Gasteiger partial charge is 0.388 e. The standard InChI is InChI=1S/C21H31NO4/c1-14(12-16(23)15-8-7-11-22-15)9-10-17(24)21(6)19(2,3)13-18(26-21)20(4,5)25/h7-12,17-18,22,24-25H,13H2,1-6H3/b10-9+,14-12-/t17?,18-,21+/m1/s1. The highest BCUT2D eigenvalue weighted by Crippen LogP contribution is 2.50. The summed E-state index contributed by atoms with van der Waals surface area (Å²) in [6, 6.07) is 3.49. The quantitative estimate of drug-likeness (QED) is 0.412. The molecule has 3 N–H and O–H groups in total. The molecule has 1 unspecified atom stereocenters. The van der Waals surface area contributed by atoms with Gasteiger partial charge in [0.15, 0.2) is 0 Å². The minimum Gasteiger partial charge on any atom is -0.388 e. The molecule has 1 aromatic heterocycles. The maximum atomic E-state index is 12.1. The molecular weight excluding hydrogens is 330 g/mol. The Bertz CT molecular complexity index is 694. The number of H-pyrrole nitrogens is 1. The topological polar surface area (TPSA) is 82.6 Å². The lowest BCUT2D eigenvalue weighted by Crippen LogP contribution is -2.49. The first-order valence-electron chi connectivity index (χ1n) is 8.99. The molecule has 1 aliphatic rings. The number of rotatable bonds is 6. The molecule has 0 amide bonds. The number of allylic oxidation sites excluding steroid dienone is 3. The smallest absolute Gasteiger partial charge is 0.202 e. The van der Waals surface area contributed by atoms with Gasteiger partial charge >= 0.3 is 0 Å². The summed E-state index contributed by atoms with van der Waals surface area (Å²) in [5.41, 5.74) is -0.867.